The van der Waals surface area contributed by atoms with Gasteiger partial charge in [-0.15, -0.1) is 0 Å². The Balaban J connectivity index is 1.87. The molecule has 2 N–H and O–H groups in total. The van der Waals surface area contributed by atoms with Crippen molar-refractivity contribution in [2.75, 3.05) is 7.05 Å². The van der Waals surface area contributed by atoms with Crippen LogP contribution >= 0.6 is 0 Å². The van der Waals surface area contributed by atoms with E-state index in [0.717, 1.165) is 22.3 Å². The van der Waals surface area contributed by atoms with E-state index in [1.807, 2.05) is 22.8 Å². The fourth-order valence-electron chi connectivity index (χ4n) is 3.80. The maximum absolute atomic E-state index is 12.4. The molecule has 10 nitrogen and oxygen atoms in total. The lowest BCUT2D eigenvalue weighted by atomic mass is 10.2. The lowest BCUT2D eigenvalue weighted by molar-refractivity contribution is 0.588. The predicted octanol–water partition coefficient (Wildman–Crippen LogP) is 1.51. The lowest BCUT2D eigenvalue weighted by Gasteiger charge is -2.10. The smallest absolute Gasteiger partial charge is 0.295 e. The first kappa shape index (κ1) is 19.3. The average molecular weight is 437 g/mol. The van der Waals surface area contributed by atoms with Gasteiger partial charge in [0.25, 0.3) is 0 Å². The van der Waals surface area contributed by atoms with Crippen molar-refractivity contribution in [3.8, 4) is 17.1 Å². The SMILES string of the molecule is CNS(=O)(=O)c1ccc2nc(-c3cn[nH]c3)n(-c3ccc4c(c3)n(C)c(=O)n4C)c2c1. The van der Waals surface area contributed by atoms with Gasteiger partial charge in [-0.25, -0.2) is 22.9 Å². The van der Waals surface area contributed by atoms with Crippen molar-refractivity contribution < 1.29 is 8.42 Å². The second-order valence-corrected chi connectivity index (χ2v) is 9.08. The zero-order valence-electron chi connectivity index (χ0n) is 17.0. The highest BCUT2D eigenvalue weighted by Gasteiger charge is 2.20. The number of rotatable bonds is 4. The summed E-state index contributed by atoms with van der Waals surface area (Å²) in [4.78, 5) is 17.2. The van der Waals surface area contributed by atoms with Crippen molar-refractivity contribution in [3.05, 3.63) is 59.3 Å². The molecule has 3 heterocycles. The Morgan fingerprint density at radius 1 is 1.00 bits per heavy atom. The number of aryl methyl sites for hydroxylation is 2. The summed E-state index contributed by atoms with van der Waals surface area (Å²) in [7, 11) is 1.18. The van der Waals surface area contributed by atoms with Crippen LogP contribution in [0.5, 0.6) is 0 Å². The average Bonchev–Trinajstić information content (AvgIpc) is 3.48. The van der Waals surface area contributed by atoms with E-state index in [1.165, 1.54) is 13.1 Å². The van der Waals surface area contributed by atoms with E-state index in [2.05, 4.69) is 14.9 Å². The van der Waals surface area contributed by atoms with E-state index in [4.69, 9.17) is 4.98 Å². The third-order valence-electron chi connectivity index (χ3n) is 5.48. The van der Waals surface area contributed by atoms with Crippen LogP contribution in [0.1, 0.15) is 0 Å². The summed E-state index contributed by atoms with van der Waals surface area (Å²) in [6.45, 7) is 0. The van der Waals surface area contributed by atoms with Crippen LogP contribution in [0.4, 0.5) is 0 Å². The number of H-pyrrole nitrogens is 1. The number of hydrogen-bond acceptors (Lipinski definition) is 5. The fraction of sp³-hybridized carbons (Fsp3) is 0.150. The molecule has 3 aromatic heterocycles. The Morgan fingerprint density at radius 2 is 1.77 bits per heavy atom. The van der Waals surface area contributed by atoms with Crippen LogP contribution in [-0.2, 0) is 24.1 Å². The number of benzene rings is 2. The van der Waals surface area contributed by atoms with E-state index in [-0.39, 0.29) is 10.6 Å². The van der Waals surface area contributed by atoms with Crippen LogP contribution in [0.15, 0.2) is 58.5 Å². The predicted molar refractivity (Wildman–Crippen MR) is 117 cm³/mol. The Kier molecular flexibility index (Phi) is 4.14. The highest BCUT2D eigenvalue weighted by atomic mass is 32.2. The van der Waals surface area contributed by atoms with E-state index in [1.54, 1.807) is 47.8 Å². The minimum Gasteiger partial charge on any atom is -0.295 e. The van der Waals surface area contributed by atoms with Crippen LogP contribution in [-0.4, -0.2) is 44.3 Å². The van der Waals surface area contributed by atoms with Crippen LogP contribution < -0.4 is 10.4 Å². The van der Waals surface area contributed by atoms with E-state index in [9.17, 15) is 13.2 Å². The van der Waals surface area contributed by atoms with Gasteiger partial charge in [0.2, 0.25) is 10.0 Å². The van der Waals surface area contributed by atoms with Crippen molar-refractivity contribution in [3.63, 3.8) is 0 Å². The topological polar surface area (TPSA) is 120 Å². The molecular weight excluding hydrogens is 418 g/mol. The third-order valence-corrected chi connectivity index (χ3v) is 6.89. The molecule has 0 fully saturated rings. The van der Waals surface area contributed by atoms with Crippen LogP contribution in [0, 0.1) is 0 Å². The first-order chi connectivity index (χ1) is 14.8. The molecular formula is C20H19N7O3S. The minimum absolute atomic E-state index is 0.125. The van der Waals surface area contributed by atoms with Gasteiger partial charge >= 0.3 is 5.69 Å². The Labute approximate surface area is 176 Å². The molecule has 0 saturated carbocycles. The summed E-state index contributed by atoms with van der Waals surface area (Å²) in [6.07, 6.45) is 3.37. The zero-order valence-corrected chi connectivity index (χ0v) is 17.8. The van der Waals surface area contributed by atoms with Crippen molar-refractivity contribution in [2.24, 2.45) is 14.1 Å². The van der Waals surface area contributed by atoms with Crippen molar-refractivity contribution in [2.45, 2.75) is 4.90 Å². The van der Waals surface area contributed by atoms with Gasteiger partial charge in [-0.1, -0.05) is 0 Å². The molecule has 0 bridgehead atoms. The van der Waals surface area contributed by atoms with Crippen LogP contribution in [0.25, 0.3) is 39.1 Å². The second kappa shape index (κ2) is 6.65. The van der Waals surface area contributed by atoms with Crippen molar-refractivity contribution in [1.82, 2.24) is 33.6 Å². The number of aromatic amines is 1. The van der Waals surface area contributed by atoms with Gasteiger partial charge in [-0.05, 0) is 43.4 Å². The standard InChI is InChI=1S/C20H19N7O3S/c1-21-31(29,30)14-5-6-15-17(9-14)27(19(24-15)12-10-22-23-11-12)13-4-7-16-18(8-13)26(3)20(28)25(16)2/h4-11,21H,1-3H3,(H,22,23). The Hall–Kier alpha value is -3.70. The summed E-state index contributed by atoms with van der Waals surface area (Å²) in [6, 6.07) is 10.4. The molecule has 0 spiro atoms. The number of fused-ring (bicyclic) bond motifs is 2. The van der Waals surface area contributed by atoms with E-state index >= 15 is 0 Å². The molecule has 5 aromatic rings. The first-order valence-electron chi connectivity index (χ1n) is 9.43. The number of imidazole rings is 2. The highest BCUT2D eigenvalue weighted by Crippen LogP contribution is 2.30. The molecule has 0 saturated heterocycles. The number of aromatic nitrogens is 6. The van der Waals surface area contributed by atoms with Gasteiger partial charge in [0.05, 0.1) is 38.7 Å². The molecule has 0 amide bonds. The summed E-state index contributed by atoms with van der Waals surface area (Å²) >= 11 is 0. The monoisotopic (exact) mass is 437 g/mol. The molecule has 0 aliphatic rings. The first-order valence-corrected chi connectivity index (χ1v) is 10.9. The number of nitrogens with one attached hydrogen (secondary N) is 2. The van der Waals surface area contributed by atoms with Crippen LogP contribution in [0.2, 0.25) is 0 Å². The lowest BCUT2D eigenvalue weighted by Crippen LogP contribution is -2.19. The van der Waals surface area contributed by atoms with Gasteiger partial charge in [0, 0.05) is 26.0 Å². The Morgan fingerprint density at radius 3 is 2.48 bits per heavy atom. The molecule has 2 aromatic carbocycles. The fourth-order valence-corrected chi connectivity index (χ4v) is 4.55. The molecule has 5 rings (SSSR count). The quantitative estimate of drug-likeness (QED) is 0.442. The van der Waals surface area contributed by atoms with Gasteiger partial charge in [-0.2, -0.15) is 5.10 Å². The number of nitrogens with zero attached hydrogens (tertiary/aromatic N) is 5. The molecule has 11 heteroatoms. The summed E-state index contributed by atoms with van der Waals surface area (Å²) in [5, 5.41) is 6.81. The minimum atomic E-state index is -3.64. The van der Waals surface area contributed by atoms with Crippen LogP contribution in [0.3, 0.4) is 0 Å². The zero-order chi connectivity index (χ0) is 21.9. The van der Waals surface area contributed by atoms with E-state index in [0.29, 0.717) is 16.9 Å². The molecule has 0 radical (unpaired) electrons. The summed E-state index contributed by atoms with van der Waals surface area (Å²) < 4.78 is 32.2. The van der Waals surface area contributed by atoms with Gasteiger partial charge in [-0.3, -0.25) is 18.8 Å². The highest BCUT2D eigenvalue weighted by molar-refractivity contribution is 7.89. The van der Waals surface area contributed by atoms with Gasteiger partial charge in [0.1, 0.15) is 5.82 Å². The Bertz CT molecular complexity index is 1620. The van der Waals surface area contributed by atoms with E-state index < -0.39 is 10.0 Å². The number of sulfonamides is 1. The summed E-state index contributed by atoms with van der Waals surface area (Å²) in [5.74, 6) is 0.600. The van der Waals surface area contributed by atoms with Gasteiger partial charge in [0.15, 0.2) is 0 Å². The maximum Gasteiger partial charge on any atom is 0.328 e. The van der Waals surface area contributed by atoms with Crippen molar-refractivity contribution >= 4 is 32.1 Å². The third kappa shape index (κ3) is 2.81. The molecule has 0 atom stereocenters. The molecule has 0 unspecified atom stereocenters. The number of hydrogen-bond donors (Lipinski definition) is 2. The molecule has 0 aliphatic heterocycles. The maximum atomic E-state index is 12.4. The second-order valence-electron chi connectivity index (χ2n) is 7.19. The molecule has 31 heavy (non-hydrogen) atoms. The normalized spacial score (nSPS) is 12.2. The molecule has 158 valence electrons. The largest absolute Gasteiger partial charge is 0.328 e. The molecule has 0 aliphatic carbocycles. The summed E-state index contributed by atoms with van der Waals surface area (Å²) in [5.41, 5.74) is 4.16. The van der Waals surface area contributed by atoms with Gasteiger partial charge < -0.3 is 0 Å². The van der Waals surface area contributed by atoms with Crippen molar-refractivity contribution in [1.29, 1.82) is 0 Å².